The van der Waals surface area contributed by atoms with E-state index >= 15 is 0 Å². The molecule has 8 aliphatic rings. The van der Waals surface area contributed by atoms with E-state index in [-0.39, 0.29) is 27.7 Å². The molecule has 0 spiro atoms. The quantitative estimate of drug-likeness (QED) is 0.226. The normalized spacial score (nSPS) is 34.3. The monoisotopic (exact) mass is 1040 g/mol. The fourth-order valence-electron chi connectivity index (χ4n) is 11.1. The molecule has 8 aliphatic carbocycles. The molecule has 0 aromatic heterocycles. The average Bonchev–Trinajstić information content (AvgIpc) is 2.92. The van der Waals surface area contributed by atoms with Crippen LogP contribution in [0, 0.1) is 46.3 Å². The summed E-state index contributed by atoms with van der Waals surface area (Å²) in [7, 11) is -4.43. The molecule has 2 radical (unpaired) electrons. The third kappa shape index (κ3) is 10.4. The number of hydrogen-bond donors (Lipinski definition) is 0. The van der Waals surface area contributed by atoms with Crippen LogP contribution in [0.3, 0.4) is 0 Å². The van der Waals surface area contributed by atoms with E-state index in [0.29, 0.717) is 31.0 Å². The number of rotatable bonds is 8. The Labute approximate surface area is 372 Å². The molecule has 8 rings (SSSR count). The van der Waals surface area contributed by atoms with E-state index < -0.39 is 31.8 Å². The van der Waals surface area contributed by atoms with E-state index in [2.05, 4.69) is 135 Å². The maximum Gasteiger partial charge on any atom is 0.249 e. The fraction of sp³-hybridized carbons (Fsp3) is 0.957. The molecule has 0 N–H and O–H groups in total. The van der Waals surface area contributed by atoms with Crippen LogP contribution in [0.4, 0.5) is 0 Å². The molecule has 9 heteroatoms. The van der Waals surface area contributed by atoms with Crippen LogP contribution in [-0.2, 0) is 36.5 Å². The SMILES string of the molecule is CC(C)(C)[Si](C)(C)O/C(=[Si]\[Si](C)(C)C(C)(C)C)C12CC3CC(CC(C3)C1)C2.CC(C)(C)[Si](C)(C)O/C(=[Si]\[Si](C)(C)C(C)(C)C)C12CC3CC(CC(C3)C1)C2.[Hg]. The molecule has 2 nitrogen and oxygen atoms in total. The van der Waals surface area contributed by atoms with Gasteiger partial charge in [0.15, 0.2) is 0 Å². The minimum absolute atomic E-state index is 0. The zero-order valence-electron chi connectivity index (χ0n) is 40.5. The summed E-state index contributed by atoms with van der Waals surface area (Å²) < 4.78 is 14.6. The van der Waals surface area contributed by atoms with Crippen molar-refractivity contribution in [3.05, 3.63) is 0 Å². The Hall–Kier alpha value is 1.58. The van der Waals surface area contributed by atoms with Crippen LogP contribution in [0.25, 0.3) is 0 Å². The Bertz CT molecular complexity index is 1250. The van der Waals surface area contributed by atoms with Gasteiger partial charge in [-0.1, -0.05) is 109 Å². The summed E-state index contributed by atoms with van der Waals surface area (Å²) in [4.78, 5) is 0. The van der Waals surface area contributed by atoms with Gasteiger partial charge in [-0.2, -0.15) is 0 Å². The van der Waals surface area contributed by atoms with E-state index in [1.54, 1.807) is 10.7 Å². The third-order valence-corrected chi connectivity index (χ3v) is 47.1. The largest absolute Gasteiger partial charge is 0.551 e. The summed E-state index contributed by atoms with van der Waals surface area (Å²) in [5.41, 5.74) is 0.885. The molecule has 312 valence electrons. The molecule has 0 atom stereocenters. The van der Waals surface area contributed by atoms with E-state index in [1.165, 1.54) is 77.0 Å². The third-order valence-electron chi connectivity index (χ3n) is 18.0. The predicted octanol–water partition coefficient (Wildman–Crippen LogP) is 14.1. The zero-order valence-corrected chi connectivity index (χ0v) is 52.0. The molecule has 8 bridgehead atoms. The van der Waals surface area contributed by atoms with Crippen molar-refractivity contribution in [3.8, 4) is 0 Å². The van der Waals surface area contributed by atoms with Crippen molar-refractivity contribution in [1.82, 2.24) is 0 Å². The second kappa shape index (κ2) is 16.0. The van der Waals surface area contributed by atoms with E-state index in [0.717, 1.165) is 52.8 Å². The smallest absolute Gasteiger partial charge is 0.249 e. The second-order valence-electron chi connectivity index (χ2n) is 26.8. The van der Waals surface area contributed by atoms with Gasteiger partial charge >= 0.3 is 0 Å². The molecule has 0 aromatic rings. The second-order valence-corrected chi connectivity index (χ2v) is 56.1. The summed E-state index contributed by atoms with van der Waals surface area (Å²) in [6.45, 7) is 49.8. The molecule has 0 aliphatic heterocycles. The summed E-state index contributed by atoms with van der Waals surface area (Å²) in [5, 5.41) is 4.71. The van der Waals surface area contributed by atoms with Gasteiger partial charge in [0.2, 0.25) is 16.6 Å². The van der Waals surface area contributed by atoms with Crippen molar-refractivity contribution in [3.63, 3.8) is 0 Å². The Balaban J connectivity index is 0.000000240. The molecular formula is C46H90HgO2Si6. The van der Waals surface area contributed by atoms with Gasteiger partial charge in [-0.3, -0.25) is 0 Å². The Morgan fingerprint density at radius 2 is 0.600 bits per heavy atom. The molecule has 0 heterocycles. The van der Waals surface area contributed by atoms with E-state index in [9.17, 15) is 0 Å². The Morgan fingerprint density at radius 1 is 0.400 bits per heavy atom. The van der Waals surface area contributed by atoms with Crippen LogP contribution in [0.5, 0.6) is 0 Å². The summed E-state index contributed by atoms with van der Waals surface area (Å²) >= 11 is 0. The van der Waals surface area contributed by atoms with Crippen molar-refractivity contribution in [2.75, 3.05) is 0 Å². The van der Waals surface area contributed by atoms with Crippen LogP contribution in [0.15, 0.2) is 0 Å². The molecule has 55 heavy (non-hydrogen) atoms. The molecule has 8 saturated carbocycles. The Kier molecular flexibility index (Phi) is 14.4. The van der Waals surface area contributed by atoms with Gasteiger partial charge in [0.25, 0.3) is 0 Å². The molecule has 0 aromatic carbocycles. The standard InChI is InChI=1S/2C23H45OSi3.Hg/c2*1-21(2,3)26(7,8)24-20(25-27(9,10)22(4,5)6)23-14-17-11-18(15-23)13-19(12-17)16-23;/h2*17-19H,11-16H2,1-10H3;. The minimum Gasteiger partial charge on any atom is -0.551 e. The van der Waals surface area contributed by atoms with Crippen molar-refractivity contribution in [1.29, 1.82) is 0 Å². The molecule has 0 amide bonds. The van der Waals surface area contributed by atoms with Crippen LogP contribution in [-0.4, -0.2) is 59.8 Å². The van der Waals surface area contributed by atoms with Crippen molar-refractivity contribution in [2.45, 2.75) is 233 Å². The number of hydrogen-bond acceptors (Lipinski definition) is 2. The van der Waals surface area contributed by atoms with Crippen LogP contribution in [0.1, 0.15) is 160 Å². The van der Waals surface area contributed by atoms with Gasteiger partial charge in [0, 0.05) is 38.5 Å². The average molecular weight is 1040 g/mol. The van der Waals surface area contributed by atoms with Crippen LogP contribution in [0.2, 0.25) is 72.5 Å². The predicted molar refractivity (Wildman–Crippen MR) is 254 cm³/mol. The molecule has 0 saturated heterocycles. The van der Waals surface area contributed by atoms with Gasteiger partial charge in [0.05, 0.1) is 43.2 Å². The van der Waals surface area contributed by atoms with Gasteiger partial charge in [-0.25, -0.2) is 0 Å². The van der Waals surface area contributed by atoms with Gasteiger partial charge in [-0.05, 0) is 159 Å². The summed E-state index contributed by atoms with van der Waals surface area (Å²) in [5.74, 6) is 5.99. The maximum atomic E-state index is 7.32. The van der Waals surface area contributed by atoms with Gasteiger partial charge < -0.3 is 8.85 Å². The maximum absolute atomic E-state index is 7.32. The topological polar surface area (TPSA) is 18.5 Å². The summed E-state index contributed by atoms with van der Waals surface area (Å²) in [6.07, 6.45) is 17.8. The van der Waals surface area contributed by atoms with Crippen LogP contribution < -0.4 is 0 Å². The van der Waals surface area contributed by atoms with Crippen LogP contribution >= 0.6 is 0 Å². The first-order chi connectivity index (χ1) is 24.1. The van der Waals surface area contributed by atoms with Gasteiger partial charge in [-0.15, -0.1) is 0 Å². The molecular weight excluding hydrogens is 954 g/mol. The summed E-state index contributed by atoms with van der Waals surface area (Å²) in [6, 6.07) is 0. The van der Waals surface area contributed by atoms with Crippen molar-refractivity contribution in [2.24, 2.45) is 46.3 Å². The van der Waals surface area contributed by atoms with E-state index in [4.69, 9.17) is 8.85 Å². The van der Waals surface area contributed by atoms with E-state index in [1.807, 2.05) is 0 Å². The van der Waals surface area contributed by atoms with Crippen molar-refractivity contribution < 1.29 is 36.5 Å². The van der Waals surface area contributed by atoms with Gasteiger partial charge in [0.1, 0.15) is 0 Å². The first-order valence-electron chi connectivity index (χ1n) is 22.8. The fourth-order valence-corrected chi connectivity index (χ4v) is 26.3. The Morgan fingerprint density at radius 3 is 0.764 bits per heavy atom. The van der Waals surface area contributed by atoms with Crippen molar-refractivity contribution >= 4 is 59.8 Å². The minimum atomic E-state index is -1.79. The first kappa shape index (κ1) is 49.2. The molecule has 8 fully saturated rings. The zero-order chi connectivity index (χ0) is 40.9. The first-order valence-corrected chi connectivity index (χ1v) is 38.6. The molecule has 0 unspecified atom stereocenters.